The monoisotopic (exact) mass is 251 g/mol. The minimum atomic E-state index is -0.482. The number of hydrogen-bond donors (Lipinski definition) is 0. The Morgan fingerprint density at radius 2 is 2.24 bits per heavy atom. The first-order chi connectivity index (χ1) is 8.18. The van der Waals surface area contributed by atoms with Crippen molar-refractivity contribution in [3.8, 4) is 11.5 Å². The van der Waals surface area contributed by atoms with E-state index < -0.39 is 5.54 Å². The average Bonchev–Trinajstić information content (AvgIpc) is 2.92. The molecule has 1 aromatic carbocycles. The van der Waals surface area contributed by atoms with E-state index in [-0.39, 0.29) is 6.79 Å². The molecule has 1 fully saturated rings. The molecule has 0 radical (unpaired) electrons. The molecule has 0 saturated heterocycles. The number of aliphatic imine (C=N–C) groups is 1. The summed E-state index contributed by atoms with van der Waals surface area (Å²) in [6, 6.07) is 1.82. The average molecular weight is 252 g/mol. The van der Waals surface area contributed by atoms with E-state index in [2.05, 4.69) is 4.99 Å². The molecule has 0 unspecified atom stereocenters. The van der Waals surface area contributed by atoms with Crippen molar-refractivity contribution in [1.29, 1.82) is 0 Å². The van der Waals surface area contributed by atoms with Crippen molar-refractivity contribution in [2.45, 2.75) is 25.3 Å². The van der Waals surface area contributed by atoms with Crippen LogP contribution in [0.2, 0.25) is 5.02 Å². The standard InChI is InChI=1S/C12H10ClNO3/c1-7-10(13)8(12(2-3-12)14-5-15)4-9-11(7)17-6-16-9/h4H,2-3,6H2,1H3. The van der Waals surface area contributed by atoms with Gasteiger partial charge in [0.05, 0.1) is 10.6 Å². The summed E-state index contributed by atoms with van der Waals surface area (Å²) < 4.78 is 10.7. The van der Waals surface area contributed by atoms with Crippen molar-refractivity contribution in [3.05, 3.63) is 22.2 Å². The van der Waals surface area contributed by atoms with Crippen LogP contribution in [0.3, 0.4) is 0 Å². The molecule has 1 aliphatic heterocycles. The molecule has 0 atom stereocenters. The first-order valence-electron chi connectivity index (χ1n) is 5.36. The van der Waals surface area contributed by atoms with Gasteiger partial charge in [-0.3, -0.25) is 0 Å². The molecule has 4 nitrogen and oxygen atoms in total. The van der Waals surface area contributed by atoms with Crippen molar-refractivity contribution < 1.29 is 14.3 Å². The van der Waals surface area contributed by atoms with Crippen LogP contribution in [0.4, 0.5) is 0 Å². The fourth-order valence-corrected chi connectivity index (χ4v) is 2.49. The van der Waals surface area contributed by atoms with Gasteiger partial charge in [0.1, 0.15) is 0 Å². The van der Waals surface area contributed by atoms with E-state index in [1.54, 1.807) is 6.08 Å². The summed E-state index contributed by atoms with van der Waals surface area (Å²) in [6.45, 7) is 2.08. The highest BCUT2D eigenvalue weighted by Crippen LogP contribution is 2.55. The third-order valence-corrected chi connectivity index (χ3v) is 3.79. The first kappa shape index (κ1) is 10.6. The van der Waals surface area contributed by atoms with Crippen molar-refractivity contribution in [2.75, 3.05) is 6.79 Å². The van der Waals surface area contributed by atoms with Crippen LogP contribution in [0.15, 0.2) is 11.1 Å². The van der Waals surface area contributed by atoms with E-state index in [0.717, 1.165) is 24.0 Å². The van der Waals surface area contributed by atoms with Gasteiger partial charge in [-0.2, -0.15) is 4.99 Å². The smallest absolute Gasteiger partial charge is 0.235 e. The minimum absolute atomic E-state index is 0.208. The van der Waals surface area contributed by atoms with Gasteiger partial charge in [-0.25, -0.2) is 4.79 Å². The maximum atomic E-state index is 10.5. The van der Waals surface area contributed by atoms with Gasteiger partial charge >= 0.3 is 0 Å². The second-order valence-electron chi connectivity index (χ2n) is 4.33. The number of nitrogens with zero attached hydrogens (tertiary/aromatic N) is 1. The maximum Gasteiger partial charge on any atom is 0.235 e. The topological polar surface area (TPSA) is 47.9 Å². The van der Waals surface area contributed by atoms with E-state index in [9.17, 15) is 4.79 Å². The van der Waals surface area contributed by atoms with Gasteiger partial charge in [0.25, 0.3) is 0 Å². The number of ether oxygens (including phenoxy) is 2. The van der Waals surface area contributed by atoms with Crippen molar-refractivity contribution in [3.63, 3.8) is 0 Å². The van der Waals surface area contributed by atoms with Gasteiger partial charge in [0.15, 0.2) is 11.5 Å². The molecule has 0 bridgehead atoms. The summed E-state index contributed by atoms with van der Waals surface area (Å²) in [5.41, 5.74) is 1.19. The molecule has 3 rings (SSSR count). The maximum absolute atomic E-state index is 10.5. The third kappa shape index (κ3) is 1.45. The van der Waals surface area contributed by atoms with Crippen LogP contribution in [0.5, 0.6) is 11.5 Å². The van der Waals surface area contributed by atoms with Gasteiger partial charge in [-0.15, -0.1) is 0 Å². The van der Waals surface area contributed by atoms with Gasteiger partial charge in [0.2, 0.25) is 12.9 Å². The Balaban J connectivity index is 2.19. The quantitative estimate of drug-likeness (QED) is 0.600. The molecule has 1 aliphatic carbocycles. The number of fused-ring (bicyclic) bond motifs is 1. The van der Waals surface area contributed by atoms with Gasteiger partial charge < -0.3 is 9.47 Å². The molecule has 0 spiro atoms. The predicted octanol–water partition coefficient (Wildman–Crippen LogP) is 2.70. The van der Waals surface area contributed by atoms with Crippen molar-refractivity contribution in [1.82, 2.24) is 0 Å². The molecule has 88 valence electrons. The summed E-state index contributed by atoms with van der Waals surface area (Å²) in [7, 11) is 0. The van der Waals surface area contributed by atoms with Crippen LogP contribution >= 0.6 is 11.6 Å². The fraction of sp³-hybridized carbons (Fsp3) is 0.417. The van der Waals surface area contributed by atoms with Crippen LogP contribution in [-0.4, -0.2) is 12.9 Å². The molecule has 5 heteroatoms. The molecule has 0 aromatic heterocycles. The number of rotatable bonds is 2. The highest BCUT2D eigenvalue weighted by molar-refractivity contribution is 6.32. The Kier molecular flexibility index (Phi) is 2.18. The van der Waals surface area contributed by atoms with Gasteiger partial charge in [0, 0.05) is 11.1 Å². The Labute approximate surface area is 103 Å². The molecule has 0 amide bonds. The zero-order valence-corrected chi connectivity index (χ0v) is 10.0. The number of isocyanates is 1. The summed E-state index contributed by atoms with van der Waals surface area (Å²) >= 11 is 6.31. The summed E-state index contributed by atoms with van der Waals surface area (Å²) in [5.74, 6) is 1.36. The third-order valence-electron chi connectivity index (χ3n) is 3.31. The van der Waals surface area contributed by atoms with E-state index in [0.29, 0.717) is 16.5 Å². The second kappa shape index (κ2) is 3.49. The Morgan fingerprint density at radius 1 is 1.47 bits per heavy atom. The molecule has 0 N–H and O–H groups in total. The van der Waals surface area contributed by atoms with Crippen molar-refractivity contribution >= 4 is 17.7 Å². The van der Waals surface area contributed by atoms with Gasteiger partial charge in [-0.1, -0.05) is 11.6 Å². The van der Waals surface area contributed by atoms with Crippen LogP contribution in [-0.2, 0) is 10.3 Å². The Bertz CT molecular complexity index is 545. The Morgan fingerprint density at radius 3 is 2.88 bits per heavy atom. The summed E-state index contributed by atoms with van der Waals surface area (Å²) in [6.07, 6.45) is 3.27. The van der Waals surface area contributed by atoms with E-state index in [1.807, 2.05) is 13.0 Å². The lowest BCUT2D eigenvalue weighted by molar-refractivity contribution is 0.173. The highest BCUT2D eigenvalue weighted by atomic mass is 35.5. The molecular formula is C12H10ClNO3. The lowest BCUT2D eigenvalue weighted by Crippen LogP contribution is -2.04. The lowest BCUT2D eigenvalue weighted by Gasteiger charge is -2.14. The number of carbonyl (C=O) groups excluding carboxylic acids is 1. The molecule has 1 aromatic rings. The molecule has 2 aliphatic rings. The largest absolute Gasteiger partial charge is 0.454 e. The van der Waals surface area contributed by atoms with Crippen LogP contribution < -0.4 is 9.47 Å². The zero-order valence-electron chi connectivity index (χ0n) is 9.25. The lowest BCUT2D eigenvalue weighted by atomic mass is 10.0. The first-order valence-corrected chi connectivity index (χ1v) is 5.74. The second-order valence-corrected chi connectivity index (χ2v) is 4.71. The van der Waals surface area contributed by atoms with E-state index >= 15 is 0 Å². The Hall–Kier alpha value is -1.51. The summed E-state index contributed by atoms with van der Waals surface area (Å²) in [4.78, 5) is 14.4. The fourth-order valence-electron chi connectivity index (χ4n) is 2.17. The number of halogens is 1. The number of hydrogen-bond acceptors (Lipinski definition) is 4. The van der Waals surface area contributed by atoms with Crippen LogP contribution in [0.25, 0.3) is 0 Å². The molecule has 17 heavy (non-hydrogen) atoms. The van der Waals surface area contributed by atoms with Crippen LogP contribution in [0.1, 0.15) is 24.0 Å². The van der Waals surface area contributed by atoms with Gasteiger partial charge in [-0.05, 0) is 25.8 Å². The van der Waals surface area contributed by atoms with E-state index in [4.69, 9.17) is 21.1 Å². The predicted molar refractivity (Wildman–Crippen MR) is 61.3 cm³/mol. The highest BCUT2D eigenvalue weighted by Gasteiger charge is 2.47. The zero-order chi connectivity index (χ0) is 12.0. The minimum Gasteiger partial charge on any atom is -0.454 e. The summed E-state index contributed by atoms with van der Waals surface area (Å²) in [5, 5.41) is 0.603. The number of benzene rings is 1. The normalized spacial score (nSPS) is 18.7. The molecular weight excluding hydrogens is 242 g/mol. The van der Waals surface area contributed by atoms with Crippen LogP contribution in [0, 0.1) is 6.92 Å². The molecule has 1 heterocycles. The van der Waals surface area contributed by atoms with Crippen molar-refractivity contribution in [2.24, 2.45) is 4.99 Å². The SMILES string of the molecule is Cc1c(Cl)c(C2(N=C=O)CC2)cc2c1OCO2. The molecule has 1 saturated carbocycles. The van der Waals surface area contributed by atoms with E-state index in [1.165, 1.54) is 0 Å².